The smallest absolute Gasteiger partial charge is 0.220 e. The van der Waals surface area contributed by atoms with E-state index in [1.54, 1.807) is 0 Å². The normalized spacial score (nSPS) is 20.0. The van der Waals surface area contributed by atoms with Crippen LogP contribution in [-0.4, -0.2) is 30.1 Å². The van der Waals surface area contributed by atoms with E-state index in [9.17, 15) is 4.79 Å². The minimum Gasteiger partial charge on any atom is -0.379 e. The van der Waals surface area contributed by atoms with Gasteiger partial charge in [-0.2, -0.15) is 0 Å². The second-order valence-electron chi connectivity index (χ2n) is 6.37. The molecule has 1 saturated heterocycles. The van der Waals surface area contributed by atoms with Crippen molar-refractivity contribution in [2.24, 2.45) is 5.92 Å². The molecule has 4 nitrogen and oxygen atoms in total. The average Bonchev–Trinajstić information content (AvgIpc) is 3.03. The van der Waals surface area contributed by atoms with Gasteiger partial charge in [-0.25, -0.2) is 0 Å². The fourth-order valence-corrected chi connectivity index (χ4v) is 3.16. The average molecular weight is 324 g/mol. The number of aryl methyl sites for hydroxylation is 1. The lowest BCUT2D eigenvalue weighted by Gasteiger charge is -2.19. The topological polar surface area (TPSA) is 51.2 Å². The van der Waals surface area contributed by atoms with E-state index in [4.69, 9.17) is 4.74 Å². The van der Waals surface area contributed by atoms with Crippen molar-refractivity contribution in [2.75, 3.05) is 13.2 Å². The predicted octanol–water partition coefficient (Wildman–Crippen LogP) is 2.78. The first-order valence-electron chi connectivity index (χ1n) is 8.61. The van der Waals surface area contributed by atoms with Gasteiger partial charge in [-0.1, -0.05) is 30.3 Å². The van der Waals surface area contributed by atoms with Crippen LogP contribution >= 0.6 is 0 Å². The van der Waals surface area contributed by atoms with E-state index in [0.29, 0.717) is 25.6 Å². The van der Waals surface area contributed by atoms with Crippen molar-refractivity contribution in [3.63, 3.8) is 0 Å². The highest BCUT2D eigenvalue weighted by atomic mass is 16.5. The van der Waals surface area contributed by atoms with E-state index in [2.05, 4.69) is 22.4 Å². The fraction of sp³-hybridized carbons (Fsp3) is 0.400. The lowest BCUT2D eigenvalue weighted by atomic mass is 9.95. The Morgan fingerprint density at radius 2 is 1.88 bits per heavy atom. The Balaban J connectivity index is 1.43. The number of carbonyl (C=O) groups excluding carboxylic acids is 1. The van der Waals surface area contributed by atoms with Crippen LogP contribution < -0.4 is 5.32 Å². The molecule has 0 aliphatic carbocycles. The summed E-state index contributed by atoms with van der Waals surface area (Å²) in [5.74, 6) is 0.464. The molecule has 1 fully saturated rings. The standard InChI is InChI=1S/C20H24N2O2/c23-20(8-4-7-16-5-2-1-3-6-16)22-19-15-24-14-18(19)13-17-9-11-21-12-10-17/h1-3,5-6,9-12,18-19H,4,7-8,13-15H2,(H,22,23)/t18-,19+/m1/s1. The molecule has 1 aromatic carbocycles. The maximum absolute atomic E-state index is 12.2. The second-order valence-corrected chi connectivity index (χ2v) is 6.37. The van der Waals surface area contributed by atoms with Gasteiger partial charge in [0.05, 0.1) is 19.3 Å². The number of nitrogens with one attached hydrogen (secondary N) is 1. The van der Waals surface area contributed by atoms with Crippen molar-refractivity contribution in [3.05, 3.63) is 66.0 Å². The Morgan fingerprint density at radius 1 is 1.08 bits per heavy atom. The second kappa shape index (κ2) is 8.60. The molecule has 1 aliphatic rings. The third kappa shape index (κ3) is 4.90. The summed E-state index contributed by atoms with van der Waals surface area (Å²) in [5.41, 5.74) is 2.52. The van der Waals surface area contributed by atoms with Gasteiger partial charge in [0.1, 0.15) is 0 Å². The van der Waals surface area contributed by atoms with Gasteiger partial charge in [0, 0.05) is 24.7 Å². The summed E-state index contributed by atoms with van der Waals surface area (Å²) in [6, 6.07) is 14.5. The highest BCUT2D eigenvalue weighted by Crippen LogP contribution is 2.19. The van der Waals surface area contributed by atoms with Crippen molar-refractivity contribution in [2.45, 2.75) is 31.7 Å². The number of aromatic nitrogens is 1. The van der Waals surface area contributed by atoms with Gasteiger partial charge < -0.3 is 10.1 Å². The molecule has 0 saturated carbocycles. The summed E-state index contributed by atoms with van der Waals surface area (Å²) < 4.78 is 5.59. The summed E-state index contributed by atoms with van der Waals surface area (Å²) in [6.07, 6.45) is 6.91. The molecular weight excluding hydrogens is 300 g/mol. The third-order valence-electron chi connectivity index (χ3n) is 4.50. The molecule has 0 bridgehead atoms. The largest absolute Gasteiger partial charge is 0.379 e. The molecule has 1 N–H and O–H groups in total. The number of hydrogen-bond donors (Lipinski definition) is 1. The lowest BCUT2D eigenvalue weighted by Crippen LogP contribution is -2.40. The molecule has 24 heavy (non-hydrogen) atoms. The first-order valence-corrected chi connectivity index (χ1v) is 8.61. The fourth-order valence-electron chi connectivity index (χ4n) is 3.16. The van der Waals surface area contributed by atoms with Crippen LogP contribution in [-0.2, 0) is 22.4 Å². The molecule has 126 valence electrons. The first kappa shape index (κ1) is 16.7. The highest BCUT2D eigenvalue weighted by molar-refractivity contribution is 5.76. The van der Waals surface area contributed by atoms with Gasteiger partial charge in [0.2, 0.25) is 5.91 Å². The number of ether oxygens (including phenoxy) is 1. The van der Waals surface area contributed by atoms with Gasteiger partial charge in [-0.3, -0.25) is 9.78 Å². The van der Waals surface area contributed by atoms with Crippen LogP contribution in [0.15, 0.2) is 54.9 Å². The molecule has 0 unspecified atom stereocenters. The zero-order valence-corrected chi connectivity index (χ0v) is 13.9. The van der Waals surface area contributed by atoms with Gasteiger partial charge in [0.25, 0.3) is 0 Å². The summed E-state index contributed by atoms with van der Waals surface area (Å²) in [5, 5.41) is 3.16. The number of pyridine rings is 1. The zero-order chi connectivity index (χ0) is 16.6. The molecule has 1 amide bonds. The Labute approximate surface area is 143 Å². The number of rotatable bonds is 7. The van der Waals surface area contributed by atoms with Crippen molar-refractivity contribution >= 4 is 5.91 Å². The molecule has 2 aromatic rings. The van der Waals surface area contributed by atoms with Crippen LogP contribution in [0.25, 0.3) is 0 Å². The van der Waals surface area contributed by atoms with E-state index < -0.39 is 0 Å². The van der Waals surface area contributed by atoms with E-state index in [0.717, 1.165) is 19.3 Å². The molecule has 4 heteroatoms. The minimum absolute atomic E-state index is 0.113. The van der Waals surface area contributed by atoms with Crippen LogP contribution in [0.4, 0.5) is 0 Å². The van der Waals surface area contributed by atoms with Gasteiger partial charge in [-0.05, 0) is 42.5 Å². The van der Waals surface area contributed by atoms with Gasteiger partial charge >= 0.3 is 0 Å². The van der Waals surface area contributed by atoms with Crippen molar-refractivity contribution in [1.29, 1.82) is 0 Å². The Bertz CT molecular complexity index is 631. The van der Waals surface area contributed by atoms with Crippen LogP contribution in [0.5, 0.6) is 0 Å². The maximum Gasteiger partial charge on any atom is 0.220 e. The highest BCUT2D eigenvalue weighted by Gasteiger charge is 2.29. The SMILES string of the molecule is O=C(CCCc1ccccc1)N[C@H]1COC[C@H]1Cc1ccncc1. The van der Waals surface area contributed by atoms with Crippen LogP contribution in [0.2, 0.25) is 0 Å². The molecule has 1 aromatic heterocycles. The van der Waals surface area contributed by atoms with Crippen LogP contribution in [0.3, 0.4) is 0 Å². The Hall–Kier alpha value is -2.20. The third-order valence-corrected chi connectivity index (χ3v) is 4.50. The lowest BCUT2D eigenvalue weighted by molar-refractivity contribution is -0.122. The van der Waals surface area contributed by atoms with E-state index in [1.165, 1.54) is 11.1 Å². The number of nitrogens with zero attached hydrogens (tertiary/aromatic N) is 1. The van der Waals surface area contributed by atoms with Gasteiger partial charge in [0.15, 0.2) is 0 Å². The van der Waals surface area contributed by atoms with E-state index in [1.807, 2.05) is 42.7 Å². The molecule has 3 rings (SSSR count). The molecule has 1 aliphatic heterocycles. The monoisotopic (exact) mass is 324 g/mol. The molecule has 0 radical (unpaired) electrons. The van der Waals surface area contributed by atoms with Crippen LogP contribution in [0, 0.1) is 5.92 Å². The Morgan fingerprint density at radius 3 is 2.67 bits per heavy atom. The molecular formula is C20H24N2O2. The number of benzene rings is 1. The minimum atomic E-state index is 0.113. The number of hydrogen-bond acceptors (Lipinski definition) is 3. The Kier molecular flexibility index (Phi) is 5.96. The van der Waals surface area contributed by atoms with Crippen LogP contribution in [0.1, 0.15) is 24.0 Å². The van der Waals surface area contributed by atoms with Crippen molar-refractivity contribution in [1.82, 2.24) is 10.3 Å². The molecule has 2 atom stereocenters. The summed E-state index contributed by atoms with van der Waals surface area (Å²) in [6.45, 7) is 1.32. The number of amides is 1. The predicted molar refractivity (Wildman–Crippen MR) is 93.6 cm³/mol. The quantitative estimate of drug-likeness (QED) is 0.852. The number of carbonyl (C=O) groups is 1. The molecule has 0 spiro atoms. The van der Waals surface area contributed by atoms with E-state index in [-0.39, 0.29) is 11.9 Å². The molecule has 2 heterocycles. The summed E-state index contributed by atoms with van der Waals surface area (Å²) >= 11 is 0. The van der Waals surface area contributed by atoms with Crippen molar-refractivity contribution < 1.29 is 9.53 Å². The first-order chi connectivity index (χ1) is 11.8. The maximum atomic E-state index is 12.2. The summed E-state index contributed by atoms with van der Waals surface area (Å²) in [7, 11) is 0. The zero-order valence-electron chi connectivity index (χ0n) is 13.9. The van der Waals surface area contributed by atoms with E-state index >= 15 is 0 Å². The van der Waals surface area contributed by atoms with Gasteiger partial charge in [-0.15, -0.1) is 0 Å². The summed E-state index contributed by atoms with van der Waals surface area (Å²) in [4.78, 5) is 16.3. The van der Waals surface area contributed by atoms with Crippen molar-refractivity contribution in [3.8, 4) is 0 Å².